The number of rotatable bonds is 3. The van der Waals surface area contributed by atoms with Crippen LogP contribution in [0.15, 0.2) is 10.9 Å². The van der Waals surface area contributed by atoms with Gasteiger partial charge in [0.15, 0.2) is 0 Å². The van der Waals surface area contributed by atoms with Crippen molar-refractivity contribution in [3.8, 4) is 0 Å². The van der Waals surface area contributed by atoms with E-state index in [1.165, 1.54) is 6.07 Å². The molecule has 0 amide bonds. The summed E-state index contributed by atoms with van der Waals surface area (Å²) in [6.07, 6.45) is 0.716. The maximum absolute atomic E-state index is 11.9. The normalized spacial score (nSPS) is 21.2. The molecular weight excluding hydrogens is 254 g/mol. The largest absolute Gasteiger partial charge is 0.374 e. The summed E-state index contributed by atoms with van der Waals surface area (Å²) in [6.45, 7) is 4.97. The van der Waals surface area contributed by atoms with Gasteiger partial charge in [-0.05, 0) is 7.05 Å². The van der Waals surface area contributed by atoms with Crippen molar-refractivity contribution in [1.82, 2.24) is 14.5 Å². The first-order valence-electron chi connectivity index (χ1n) is 6.16. The van der Waals surface area contributed by atoms with Crippen LogP contribution < -0.4 is 5.56 Å². The number of nitrogens with zero attached hydrogens (tertiary/aromatic N) is 3. The highest BCUT2D eigenvalue weighted by atomic mass is 35.5. The van der Waals surface area contributed by atoms with Crippen molar-refractivity contribution in [2.45, 2.75) is 26.0 Å². The molecule has 1 aliphatic rings. The molecule has 1 aromatic heterocycles. The molecule has 1 unspecified atom stereocenters. The number of halogens is 1. The molecule has 0 aliphatic carbocycles. The highest BCUT2D eigenvalue weighted by molar-refractivity contribution is 6.29. The van der Waals surface area contributed by atoms with Crippen LogP contribution in [0, 0.1) is 0 Å². The Bertz CT molecular complexity index is 475. The summed E-state index contributed by atoms with van der Waals surface area (Å²) in [5, 5.41) is 0.259. The van der Waals surface area contributed by atoms with Crippen molar-refractivity contribution in [3.05, 3.63) is 27.4 Å². The van der Waals surface area contributed by atoms with E-state index in [-0.39, 0.29) is 16.8 Å². The summed E-state index contributed by atoms with van der Waals surface area (Å²) in [4.78, 5) is 18.3. The Balaban J connectivity index is 2.20. The summed E-state index contributed by atoms with van der Waals surface area (Å²) < 4.78 is 7.34. The third-order valence-corrected chi connectivity index (χ3v) is 3.29. The van der Waals surface area contributed by atoms with Gasteiger partial charge >= 0.3 is 0 Å². The van der Waals surface area contributed by atoms with Crippen LogP contribution in [0.4, 0.5) is 0 Å². The average Bonchev–Trinajstić information content (AvgIpc) is 2.32. The van der Waals surface area contributed by atoms with Crippen molar-refractivity contribution in [1.29, 1.82) is 0 Å². The summed E-state index contributed by atoms with van der Waals surface area (Å²) in [6, 6.07) is 1.35. The highest BCUT2D eigenvalue weighted by Crippen LogP contribution is 2.08. The molecule has 2 heterocycles. The lowest BCUT2D eigenvalue weighted by Gasteiger charge is -2.30. The molecule has 1 aliphatic heterocycles. The van der Waals surface area contributed by atoms with Crippen molar-refractivity contribution in [2.75, 3.05) is 26.7 Å². The van der Waals surface area contributed by atoms with Crippen LogP contribution in [0.1, 0.15) is 12.7 Å². The molecule has 1 atom stereocenters. The fourth-order valence-electron chi connectivity index (χ4n) is 2.17. The van der Waals surface area contributed by atoms with E-state index in [2.05, 4.69) is 16.9 Å². The molecule has 0 radical (unpaired) electrons. The second kappa shape index (κ2) is 5.82. The van der Waals surface area contributed by atoms with Gasteiger partial charge in [-0.25, -0.2) is 4.98 Å². The Hall–Kier alpha value is -0.910. The molecule has 5 nitrogen and oxygen atoms in total. The van der Waals surface area contributed by atoms with Crippen LogP contribution >= 0.6 is 11.6 Å². The van der Waals surface area contributed by atoms with Crippen LogP contribution in [0.3, 0.4) is 0 Å². The van der Waals surface area contributed by atoms with Crippen molar-refractivity contribution < 1.29 is 4.74 Å². The number of ether oxygens (including phenoxy) is 1. The van der Waals surface area contributed by atoms with E-state index in [0.717, 1.165) is 13.1 Å². The van der Waals surface area contributed by atoms with Gasteiger partial charge in [-0.2, -0.15) is 0 Å². The van der Waals surface area contributed by atoms with Crippen LogP contribution in [0.2, 0.25) is 5.15 Å². The molecule has 1 aromatic rings. The van der Waals surface area contributed by atoms with Gasteiger partial charge in [0.2, 0.25) is 0 Å². The minimum atomic E-state index is -0.108. The van der Waals surface area contributed by atoms with E-state index >= 15 is 0 Å². The van der Waals surface area contributed by atoms with Gasteiger partial charge in [-0.3, -0.25) is 9.36 Å². The number of hydrogen-bond acceptors (Lipinski definition) is 4. The topological polar surface area (TPSA) is 47.4 Å². The second-order valence-electron chi connectivity index (χ2n) is 4.55. The fourth-order valence-corrected chi connectivity index (χ4v) is 2.36. The van der Waals surface area contributed by atoms with E-state index < -0.39 is 0 Å². The van der Waals surface area contributed by atoms with Crippen LogP contribution in [0.25, 0.3) is 0 Å². The van der Waals surface area contributed by atoms with Crippen LogP contribution in [-0.4, -0.2) is 47.3 Å². The van der Waals surface area contributed by atoms with Gasteiger partial charge in [-0.1, -0.05) is 18.5 Å². The predicted octanol–water partition coefficient (Wildman–Crippen LogP) is 0.790. The molecule has 1 saturated heterocycles. The SMILES string of the molecule is CCc1nc(Cl)cc(=O)n1CC1CN(C)CCO1. The maximum Gasteiger partial charge on any atom is 0.255 e. The first-order chi connectivity index (χ1) is 8.60. The van der Waals surface area contributed by atoms with E-state index in [9.17, 15) is 4.79 Å². The minimum absolute atomic E-state index is 0.0368. The Kier molecular flexibility index (Phi) is 4.37. The van der Waals surface area contributed by atoms with Gasteiger partial charge in [0.25, 0.3) is 5.56 Å². The number of likely N-dealkylation sites (N-methyl/N-ethyl adjacent to an activating group) is 1. The van der Waals surface area contributed by atoms with Crippen molar-refractivity contribution in [3.63, 3.8) is 0 Å². The zero-order chi connectivity index (χ0) is 13.1. The lowest BCUT2D eigenvalue weighted by atomic mass is 10.2. The smallest absolute Gasteiger partial charge is 0.255 e. The molecule has 0 spiro atoms. The maximum atomic E-state index is 11.9. The zero-order valence-electron chi connectivity index (χ0n) is 10.7. The lowest BCUT2D eigenvalue weighted by Crippen LogP contribution is -2.43. The highest BCUT2D eigenvalue weighted by Gasteiger charge is 2.20. The molecule has 0 N–H and O–H groups in total. The van der Waals surface area contributed by atoms with Crippen LogP contribution in [0.5, 0.6) is 0 Å². The van der Waals surface area contributed by atoms with E-state index in [4.69, 9.17) is 16.3 Å². The van der Waals surface area contributed by atoms with Gasteiger partial charge in [0.1, 0.15) is 11.0 Å². The predicted molar refractivity (Wildman–Crippen MR) is 70.1 cm³/mol. The number of hydrogen-bond donors (Lipinski definition) is 0. The number of aryl methyl sites for hydroxylation is 1. The molecule has 2 rings (SSSR count). The van der Waals surface area contributed by atoms with Gasteiger partial charge in [-0.15, -0.1) is 0 Å². The van der Waals surface area contributed by atoms with Gasteiger partial charge < -0.3 is 9.64 Å². The summed E-state index contributed by atoms with van der Waals surface area (Å²) in [5.74, 6) is 0.712. The number of morpholine rings is 1. The standard InChI is InChI=1S/C12H18ClN3O2/c1-3-11-14-10(13)6-12(17)16(11)8-9-7-15(2)4-5-18-9/h6,9H,3-5,7-8H2,1-2H3. The van der Waals surface area contributed by atoms with Gasteiger partial charge in [0, 0.05) is 25.6 Å². The van der Waals surface area contributed by atoms with E-state index in [1.54, 1.807) is 4.57 Å². The first kappa shape index (κ1) is 13.5. The summed E-state index contributed by atoms with van der Waals surface area (Å²) in [5.41, 5.74) is -0.108. The Labute approximate surface area is 111 Å². The molecule has 6 heteroatoms. The Morgan fingerprint density at radius 1 is 1.61 bits per heavy atom. The number of aromatic nitrogens is 2. The van der Waals surface area contributed by atoms with E-state index in [0.29, 0.717) is 25.4 Å². The second-order valence-corrected chi connectivity index (χ2v) is 4.94. The lowest BCUT2D eigenvalue weighted by molar-refractivity contribution is -0.0284. The van der Waals surface area contributed by atoms with Gasteiger partial charge in [0.05, 0.1) is 19.3 Å². The zero-order valence-corrected chi connectivity index (χ0v) is 11.5. The minimum Gasteiger partial charge on any atom is -0.374 e. The average molecular weight is 272 g/mol. The van der Waals surface area contributed by atoms with Crippen molar-refractivity contribution >= 4 is 11.6 Å². The molecule has 18 heavy (non-hydrogen) atoms. The van der Waals surface area contributed by atoms with E-state index in [1.807, 2.05) is 6.92 Å². The molecule has 0 saturated carbocycles. The first-order valence-corrected chi connectivity index (χ1v) is 6.54. The Morgan fingerprint density at radius 2 is 2.39 bits per heavy atom. The third-order valence-electron chi connectivity index (χ3n) is 3.10. The summed E-state index contributed by atoms with van der Waals surface area (Å²) in [7, 11) is 2.05. The third kappa shape index (κ3) is 3.10. The molecule has 100 valence electrons. The monoisotopic (exact) mass is 271 g/mol. The molecular formula is C12H18ClN3O2. The molecule has 0 aromatic carbocycles. The van der Waals surface area contributed by atoms with Crippen molar-refractivity contribution in [2.24, 2.45) is 0 Å². The summed E-state index contributed by atoms with van der Waals surface area (Å²) >= 11 is 5.80. The quantitative estimate of drug-likeness (QED) is 0.763. The molecule has 1 fully saturated rings. The van der Waals surface area contributed by atoms with Crippen LogP contribution in [-0.2, 0) is 17.7 Å². The molecule has 0 bridgehead atoms. The fraction of sp³-hybridized carbons (Fsp3) is 0.667. The Morgan fingerprint density at radius 3 is 3.06 bits per heavy atom.